The molecule has 1 aromatic heterocycles. The first-order valence-corrected chi connectivity index (χ1v) is 8.84. The molecular formula is C15H20ClN5OS. The van der Waals surface area contributed by atoms with E-state index in [4.69, 9.17) is 17.4 Å². The highest BCUT2D eigenvalue weighted by molar-refractivity contribution is 7.99. The highest BCUT2D eigenvalue weighted by Crippen LogP contribution is 2.22. The normalized spacial score (nSPS) is 10.7. The maximum absolute atomic E-state index is 11.8. The van der Waals surface area contributed by atoms with E-state index >= 15 is 0 Å². The lowest BCUT2D eigenvalue weighted by atomic mass is 10.2. The Morgan fingerprint density at radius 1 is 1.30 bits per heavy atom. The Morgan fingerprint density at radius 3 is 2.74 bits per heavy atom. The van der Waals surface area contributed by atoms with Crippen LogP contribution in [-0.4, -0.2) is 33.1 Å². The van der Waals surface area contributed by atoms with Gasteiger partial charge >= 0.3 is 0 Å². The van der Waals surface area contributed by atoms with Crippen LogP contribution >= 0.6 is 23.4 Å². The van der Waals surface area contributed by atoms with Crippen LogP contribution in [0.25, 0.3) is 11.4 Å². The van der Waals surface area contributed by atoms with Crippen molar-refractivity contribution in [2.45, 2.75) is 31.3 Å². The van der Waals surface area contributed by atoms with Crippen LogP contribution in [0, 0.1) is 0 Å². The van der Waals surface area contributed by atoms with E-state index in [1.807, 2.05) is 12.1 Å². The van der Waals surface area contributed by atoms with Crippen molar-refractivity contribution in [3.63, 3.8) is 0 Å². The van der Waals surface area contributed by atoms with Crippen LogP contribution in [-0.2, 0) is 4.79 Å². The van der Waals surface area contributed by atoms with Gasteiger partial charge in [0.25, 0.3) is 0 Å². The highest BCUT2D eigenvalue weighted by atomic mass is 35.5. The highest BCUT2D eigenvalue weighted by Gasteiger charge is 2.13. The van der Waals surface area contributed by atoms with E-state index in [-0.39, 0.29) is 11.7 Å². The minimum Gasteiger partial charge on any atom is -0.355 e. The van der Waals surface area contributed by atoms with Crippen molar-refractivity contribution < 1.29 is 4.79 Å². The van der Waals surface area contributed by atoms with Crippen LogP contribution in [0.2, 0.25) is 5.02 Å². The summed E-state index contributed by atoms with van der Waals surface area (Å²) in [6.07, 6.45) is 3.25. The first-order chi connectivity index (χ1) is 11.1. The zero-order valence-corrected chi connectivity index (χ0v) is 14.5. The van der Waals surface area contributed by atoms with Crippen LogP contribution in [0.5, 0.6) is 0 Å². The van der Waals surface area contributed by atoms with Gasteiger partial charge in [0, 0.05) is 17.1 Å². The lowest BCUT2D eigenvalue weighted by Gasteiger charge is -2.05. The third-order valence-corrected chi connectivity index (χ3v) is 4.40. The average molecular weight is 354 g/mol. The van der Waals surface area contributed by atoms with Gasteiger partial charge in [0.05, 0.1) is 5.75 Å². The van der Waals surface area contributed by atoms with Gasteiger partial charge in [-0.3, -0.25) is 4.79 Å². The van der Waals surface area contributed by atoms with E-state index < -0.39 is 0 Å². The predicted octanol–water partition coefficient (Wildman–Crippen LogP) is 2.71. The van der Waals surface area contributed by atoms with Gasteiger partial charge in [-0.25, -0.2) is 4.68 Å². The number of unbranched alkanes of at least 4 members (excludes halogenated alkanes) is 2. The number of carbonyl (C=O) groups excluding carboxylic acids is 1. The molecule has 0 bridgehead atoms. The fraction of sp³-hybridized carbons (Fsp3) is 0.400. The van der Waals surface area contributed by atoms with Crippen LogP contribution in [0.1, 0.15) is 26.2 Å². The second-order valence-corrected chi connectivity index (χ2v) is 6.41. The number of aromatic nitrogens is 3. The number of nitrogens with two attached hydrogens (primary N) is 1. The summed E-state index contributed by atoms with van der Waals surface area (Å²) in [5.74, 6) is 6.78. The fourth-order valence-electron chi connectivity index (χ4n) is 1.96. The van der Waals surface area contributed by atoms with Gasteiger partial charge in [-0.05, 0) is 30.7 Å². The lowest BCUT2D eigenvalue weighted by molar-refractivity contribution is -0.118. The van der Waals surface area contributed by atoms with Gasteiger partial charge in [0.2, 0.25) is 11.1 Å². The average Bonchev–Trinajstić information content (AvgIpc) is 2.91. The monoisotopic (exact) mass is 353 g/mol. The van der Waals surface area contributed by atoms with Crippen molar-refractivity contribution in [1.82, 2.24) is 20.2 Å². The first kappa shape index (κ1) is 17.6. The van der Waals surface area contributed by atoms with Crippen molar-refractivity contribution in [2.24, 2.45) is 0 Å². The van der Waals surface area contributed by atoms with Crippen molar-refractivity contribution >= 4 is 29.3 Å². The second-order valence-electron chi connectivity index (χ2n) is 5.03. The molecule has 3 N–H and O–H groups in total. The molecule has 0 aliphatic rings. The number of hydrogen-bond donors (Lipinski definition) is 2. The molecule has 8 heteroatoms. The second kappa shape index (κ2) is 8.79. The minimum atomic E-state index is -0.0258. The van der Waals surface area contributed by atoms with E-state index in [0.29, 0.717) is 22.5 Å². The summed E-state index contributed by atoms with van der Waals surface area (Å²) < 4.78 is 1.39. The van der Waals surface area contributed by atoms with E-state index in [0.717, 1.165) is 24.8 Å². The quantitative estimate of drug-likeness (QED) is 0.433. The van der Waals surface area contributed by atoms with Crippen LogP contribution in [0.4, 0.5) is 0 Å². The SMILES string of the molecule is CCCCCNC(=O)CSc1nnc(-c2ccc(Cl)cc2)n1N. The Morgan fingerprint density at radius 2 is 2.04 bits per heavy atom. The molecule has 6 nitrogen and oxygen atoms in total. The zero-order valence-electron chi connectivity index (χ0n) is 13.0. The molecular weight excluding hydrogens is 334 g/mol. The van der Waals surface area contributed by atoms with Crippen molar-refractivity contribution in [3.05, 3.63) is 29.3 Å². The summed E-state index contributed by atoms with van der Waals surface area (Å²) in [6.45, 7) is 2.84. The maximum atomic E-state index is 11.8. The number of halogens is 1. The summed E-state index contributed by atoms with van der Waals surface area (Å²) in [7, 11) is 0. The van der Waals surface area contributed by atoms with Crippen LogP contribution in [0.15, 0.2) is 29.4 Å². The molecule has 2 rings (SSSR count). The zero-order chi connectivity index (χ0) is 16.7. The number of nitrogens with one attached hydrogen (secondary N) is 1. The van der Waals surface area contributed by atoms with Crippen LogP contribution < -0.4 is 11.2 Å². The molecule has 0 radical (unpaired) electrons. The van der Waals surface area contributed by atoms with Gasteiger partial charge in [0.1, 0.15) is 0 Å². The summed E-state index contributed by atoms with van der Waals surface area (Å²) >= 11 is 7.13. The Hall–Kier alpha value is -1.73. The molecule has 1 aromatic carbocycles. The predicted molar refractivity (Wildman–Crippen MR) is 93.9 cm³/mol. The number of thioether (sulfide) groups is 1. The standard InChI is InChI=1S/C15H20ClN5OS/c1-2-3-4-9-18-13(22)10-23-15-20-19-14(21(15)17)11-5-7-12(16)8-6-11/h5-8H,2-4,9-10,17H2,1H3,(H,18,22). The molecule has 0 aliphatic heterocycles. The summed E-state index contributed by atoms with van der Waals surface area (Å²) in [5, 5.41) is 12.1. The Kier molecular flexibility index (Phi) is 6.73. The molecule has 0 fully saturated rings. The Balaban J connectivity index is 1.89. The number of rotatable bonds is 8. The smallest absolute Gasteiger partial charge is 0.230 e. The molecule has 124 valence electrons. The molecule has 2 aromatic rings. The van der Waals surface area contributed by atoms with Gasteiger partial charge < -0.3 is 11.2 Å². The van der Waals surface area contributed by atoms with Gasteiger partial charge in [-0.2, -0.15) is 0 Å². The maximum Gasteiger partial charge on any atom is 0.230 e. The molecule has 0 atom stereocenters. The van der Waals surface area contributed by atoms with E-state index in [1.165, 1.54) is 16.4 Å². The van der Waals surface area contributed by atoms with Gasteiger partial charge in [-0.15, -0.1) is 10.2 Å². The van der Waals surface area contributed by atoms with Gasteiger partial charge in [-0.1, -0.05) is 43.1 Å². The largest absolute Gasteiger partial charge is 0.355 e. The molecule has 1 amide bonds. The van der Waals surface area contributed by atoms with E-state index in [2.05, 4.69) is 22.4 Å². The first-order valence-electron chi connectivity index (χ1n) is 7.47. The van der Waals surface area contributed by atoms with Crippen molar-refractivity contribution in [3.8, 4) is 11.4 Å². The van der Waals surface area contributed by atoms with Crippen molar-refractivity contribution in [1.29, 1.82) is 0 Å². The molecule has 0 aliphatic carbocycles. The van der Waals surface area contributed by atoms with E-state index in [9.17, 15) is 4.79 Å². The summed E-state index contributed by atoms with van der Waals surface area (Å²) in [4.78, 5) is 11.8. The number of benzene rings is 1. The number of amides is 1. The molecule has 0 unspecified atom stereocenters. The number of nitrogens with zero attached hydrogens (tertiary/aromatic N) is 3. The Bertz CT molecular complexity index is 644. The topological polar surface area (TPSA) is 85.8 Å². The van der Waals surface area contributed by atoms with Crippen LogP contribution in [0.3, 0.4) is 0 Å². The fourth-order valence-corrected chi connectivity index (χ4v) is 2.77. The Labute approximate surface area is 144 Å². The van der Waals surface area contributed by atoms with Gasteiger partial charge in [0.15, 0.2) is 5.82 Å². The molecule has 0 spiro atoms. The lowest BCUT2D eigenvalue weighted by Crippen LogP contribution is -2.26. The molecule has 0 saturated carbocycles. The summed E-state index contributed by atoms with van der Waals surface area (Å²) in [6, 6.07) is 7.18. The van der Waals surface area contributed by atoms with E-state index in [1.54, 1.807) is 12.1 Å². The molecule has 0 saturated heterocycles. The third kappa shape index (κ3) is 5.14. The minimum absolute atomic E-state index is 0.0258. The third-order valence-electron chi connectivity index (χ3n) is 3.20. The molecule has 1 heterocycles. The molecule has 23 heavy (non-hydrogen) atoms. The number of nitrogen functional groups attached to an aromatic ring is 1. The van der Waals surface area contributed by atoms with Crippen molar-refractivity contribution in [2.75, 3.05) is 18.1 Å². The summed E-state index contributed by atoms with van der Waals surface area (Å²) in [5.41, 5.74) is 0.820. The number of hydrogen-bond acceptors (Lipinski definition) is 5. The number of carbonyl (C=O) groups is 1.